The zero-order valence-corrected chi connectivity index (χ0v) is 15.3. The number of carbonyl (C=O) groups is 2. The molecule has 0 radical (unpaired) electrons. The molecule has 0 saturated heterocycles. The van der Waals surface area contributed by atoms with Crippen LogP contribution in [-0.2, 0) is 4.79 Å². The lowest BCUT2D eigenvalue weighted by atomic mass is 10.1. The molecule has 1 aromatic carbocycles. The summed E-state index contributed by atoms with van der Waals surface area (Å²) in [7, 11) is 0. The van der Waals surface area contributed by atoms with Gasteiger partial charge in [-0.05, 0) is 31.2 Å². The number of nitrogens with one attached hydrogen (secondary N) is 2. The number of hydrogen-bond acceptors (Lipinski definition) is 2. The lowest BCUT2D eigenvalue weighted by molar-refractivity contribution is -0.111. The fourth-order valence-electron chi connectivity index (χ4n) is 2.35. The average Bonchev–Trinajstić information content (AvgIpc) is 3.00. The molecule has 7 heteroatoms. The first-order valence-electron chi connectivity index (χ1n) is 7.60. The number of carboxylic acid groups (broad SMARTS) is 1. The molecule has 0 aliphatic rings. The van der Waals surface area contributed by atoms with E-state index in [4.69, 9.17) is 23.2 Å². The Morgan fingerprint density at radius 2 is 1.88 bits per heavy atom. The molecular formula is C19H16Cl2N2O3. The molecule has 1 aromatic heterocycles. The smallest absolute Gasteiger partial charge is 0.352 e. The minimum absolute atomic E-state index is 0.0713. The van der Waals surface area contributed by atoms with Gasteiger partial charge in [0.15, 0.2) is 0 Å². The van der Waals surface area contributed by atoms with Crippen LogP contribution in [0.1, 0.15) is 23.0 Å². The van der Waals surface area contributed by atoms with Crippen LogP contribution in [0.5, 0.6) is 0 Å². The molecule has 0 aliphatic carbocycles. The maximum Gasteiger partial charge on any atom is 0.352 e. The number of carboxylic acids is 1. The lowest BCUT2D eigenvalue weighted by Crippen LogP contribution is -2.25. The Hall–Kier alpha value is -2.76. The number of H-pyrrole nitrogens is 1. The molecule has 0 unspecified atom stereocenters. The largest absolute Gasteiger partial charge is 0.477 e. The highest BCUT2D eigenvalue weighted by Crippen LogP contribution is 2.10. The number of halogens is 2. The van der Waals surface area contributed by atoms with Crippen molar-refractivity contribution in [1.82, 2.24) is 4.98 Å². The van der Waals surface area contributed by atoms with Gasteiger partial charge in [0.2, 0.25) is 5.91 Å². The Balaban J connectivity index is 2.51. The quantitative estimate of drug-likeness (QED) is 0.685. The van der Waals surface area contributed by atoms with Crippen molar-refractivity contribution in [2.75, 3.05) is 5.32 Å². The number of para-hydroxylation sites is 1. The molecule has 0 aliphatic heterocycles. The zero-order valence-electron chi connectivity index (χ0n) is 13.8. The summed E-state index contributed by atoms with van der Waals surface area (Å²) in [6.45, 7) is 1.74. The van der Waals surface area contributed by atoms with Gasteiger partial charge in [0, 0.05) is 33.4 Å². The normalized spacial score (nSPS) is 13.4. The van der Waals surface area contributed by atoms with Crippen LogP contribution < -0.4 is 15.9 Å². The summed E-state index contributed by atoms with van der Waals surface area (Å²) in [5.41, 5.74) is 2.07. The van der Waals surface area contributed by atoms with Gasteiger partial charge in [-0.15, -0.1) is 0 Å². The monoisotopic (exact) mass is 390 g/mol. The maximum absolute atomic E-state index is 12.1. The Kier molecular flexibility index (Phi) is 6.83. The average molecular weight is 391 g/mol. The summed E-state index contributed by atoms with van der Waals surface area (Å²) in [5, 5.41) is 13.3. The fourth-order valence-corrected chi connectivity index (χ4v) is 2.80. The van der Waals surface area contributed by atoms with Gasteiger partial charge in [-0.3, -0.25) is 4.79 Å². The van der Waals surface area contributed by atoms with Gasteiger partial charge >= 0.3 is 5.97 Å². The minimum atomic E-state index is -1.17. The predicted octanol–water partition coefficient (Wildman–Crippen LogP) is 3.26. The summed E-state index contributed by atoms with van der Waals surface area (Å²) in [4.78, 5) is 26.4. The third-order valence-corrected chi connectivity index (χ3v) is 3.90. The number of aromatic nitrogens is 1. The van der Waals surface area contributed by atoms with Crippen LogP contribution in [0.25, 0.3) is 17.2 Å². The molecule has 3 N–H and O–H groups in total. The first kappa shape index (κ1) is 19.6. The van der Waals surface area contributed by atoms with Crippen LogP contribution in [0.3, 0.4) is 0 Å². The van der Waals surface area contributed by atoms with E-state index in [2.05, 4.69) is 10.3 Å². The number of aromatic amines is 1. The van der Waals surface area contributed by atoms with Crippen molar-refractivity contribution in [3.8, 4) is 0 Å². The first-order valence-corrected chi connectivity index (χ1v) is 8.41. The predicted molar refractivity (Wildman–Crippen MR) is 106 cm³/mol. The highest BCUT2D eigenvalue weighted by atomic mass is 35.5. The number of benzene rings is 1. The van der Waals surface area contributed by atoms with Crippen molar-refractivity contribution in [3.05, 3.63) is 69.8 Å². The van der Waals surface area contributed by atoms with Crippen molar-refractivity contribution in [1.29, 1.82) is 0 Å². The lowest BCUT2D eigenvalue weighted by Gasteiger charge is -2.00. The van der Waals surface area contributed by atoms with E-state index < -0.39 is 11.9 Å². The molecule has 1 heterocycles. The molecule has 0 fully saturated rings. The van der Waals surface area contributed by atoms with E-state index in [1.807, 2.05) is 6.07 Å². The molecule has 1 amide bonds. The second-order valence-electron chi connectivity index (χ2n) is 5.13. The van der Waals surface area contributed by atoms with Gasteiger partial charge in [0.1, 0.15) is 5.69 Å². The van der Waals surface area contributed by atoms with Gasteiger partial charge in [0.05, 0.1) is 5.03 Å². The molecular weight excluding hydrogens is 375 g/mol. The van der Waals surface area contributed by atoms with Crippen LogP contribution in [0.4, 0.5) is 5.69 Å². The standard InChI is InChI=1S/C19H16Cl2N2O3/c1-2-15-17(14(21)10-11-20)13(18(23-15)19(25)26)8-9-16(24)22-12-6-4-3-5-7-12/h2-11,23H,1H3,(H,22,24)(H,25,26)/b9-8+,11-10+,15-2+,17-14+. The molecule has 0 bridgehead atoms. The van der Waals surface area contributed by atoms with Crippen molar-refractivity contribution < 1.29 is 14.7 Å². The summed E-state index contributed by atoms with van der Waals surface area (Å²) < 4.78 is 0. The van der Waals surface area contributed by atoms with Crippen LogP contribution in [-0.4, -0.2) is 22.0 Å². The second kappa shape index (κ2) is 9.08. The van der Waals surface area contributed by atoms with Gasteiger partial charge in [0.25, 0.3) is 0 Å². The molecule has 5 nitrogen and oxygen atoms in total. The minimum Gasteiger partial charge on any atom is -0.477 e. The van der Waals surface area contributed by atoms with E-state index in [1.165, 1.54) is 23.8 Å². The molecule has 0 spiro atoms. The van der Waals surface area contributed by atoms with Gasteiger partial charge in [-0.1, -0.05) is 47.5 Å². The Morgan fingerprint density at radius 1 is 1.19 bits per heavy atom. The van der Waals surface area contributed by atoms with Crippen molar-refractivity contribution in [2.45, 2.75) is 6.92 Å². The second-order valence-corrected chi connectivity index (χ2v) is 5.78. The van der Waals surface area contributed by atoms with Crippen LogP contribution >= 0.6 is 23.2 Å². The summed E-state index contributed by atoms with van der Waals surface area (Å²) >= 11 is 11.8. The van der Waals surface area contributed by atoms with E-state index in [0.717, 1.165) is 0 Å². The topological polar surface area (TPSA) is 82.2 Å². The Labute approximate surface area is 159 Å². The van der Waals surface area contributed by atoms with Crippen LogP contribution in [0.2, 0.25) is 0 Å². The number of aromatic carboxylic acids is 1. The summed E-state index contributed by atoms with van der Waals surface area (Å²) in [5.74, 6) is -1.56. The number of hydrogen-bond donors (Lipinski definition) is 3. The van der Waals surface area contributed by atoms with E-state index >= 15 is 0 Å². The van der Waals surface area contributed by atoms with Gasteiger partial charge in [-0.2, -0.15) is 0 Å². The molecule has 134 valence electrons. The van der Waals surface area contributed by atoms with E-state index in [9.17, 15) is 14.7 Å². The molecule has 2 aromatic rings. The highest BCUT2D eigenvalue weighted by Gasteiger charge is 2.15. The summed E-state index contributed by atoms with van der Waals surface area (Å²) in [6.07, 6.45) is 5.78. The molecule has 2 rings (SSSR count). The van der Waals surface area contributed by atoms with Crippen molar-refractivity contribution in [2.24, 2.45) is 0 Å². The third-order valence-electron chi connectivity index (χ3n) is 3.46. The van der Waals surface area contributed by atoms with Crippen molar-refractivity contribution >= 4 is 58.0 Å². The fraction of sp³-hybridized carbons (Fsp3) is 0.0526. The first-order chi connectivity index (χ1) is 12.5. The van der Waals surface area contributed by atoms with Crippen LogP contribution in [0, 0.1) is 0 Å². The van der Waals surface area contributed by atoms with Crippen LogP contribution in [0.15, 0.2) is 48.0 Å². The zero-order chi connectivity index (χ0) is 19.1. The van der Waals surface area contributed by atoms with Crippen molar-refractivity contribution in [3.63, 3.8) is 0 Å². The maximum atomic E-state index is 12.1. The SMILES string of the molecule is C/C=c1/[nH]c(C(=O)O)c(/C=C/C(=O)Nc2ccccc2)/c1=C(Cl)/C=C/Cl. The number of anilines is 1. The molecule has 0 atom stereocenters. The van der Waals surface area contributed by atoms with Gasteiger partial charge in [-0.25, -0.2) is 4.79 Å². The van der Waals surface area contributed by atoms with E-state index in [0.29, 0.717) is 16.3 Å². The number of allylic oxidation sites excluding steroid dienone is 1. The number of rotatable bonds is 5. The number of carbonyl (C=O) groups excluding carboxylic acids is 1. The third kappa shape index (κ3) is 4.65. The van der Waals surface area contributed by atoms with E-state index in [1.54, 1.807) is 37.3 Å². The number of amides is 1. The molecule has 0 saturated carbocycles. The highest BCUT2D eigenvalue weighted by molar-refractivity contribution is 6.48. The van der Waals surface area contributed by atoms with Gasteiger partial charge < -0.3 is 15.4 Å². The Morgan fingerprint density at radius 3 is 2.46 bits per heavy atom. The summed E-state index contributed by atoms with van der Waals surface area (Å²) in [6, 6.07) is 8.92. The molecule has 26 heavy (non-hydrogen) atoms. The van der Waals surface area contributed by atoms with E-state index in [-0.39, 0.29) is 16.3 Å². The Bertz CT molecular complexity index is 990.